The van der Waals surface area contributed by atoms with Gasteiger partial charge in [-0.2, -0.15) is 0 Å². The molecule has 0 N–H and O–H groups in total. The van der Waals surface area contributed by atoms with Gasteiger partial charge in [0.05, 0.1) is 22.3 Å². The van der Waals surface area contributed by atoms with E-state index in [0.717, 1.165) is 42.7 Å². The predicted molar refractivity (Wildman–Crippen MR) is 129 cm³/mol. The number of aromatic nitrogens is 1. The molecule has 1 aromatic heterocycles. The highest BCUT2D eigenvalue weighted by Gasteiger charge is 2.24. The zero-order valence-electron chi connectivity index (χ0n) is 17.4. The molecular weight excluding hydrogens is 408 g/mol. The number of aryl methyl sites for hydroxylation is 2. The smallest absolute Gasteiger partial charge is 0.261 e. The third kappa shape index (κ3) is 4.27. The van der Waals surface area contributed by atoms with Crippen LogP contribution in [0.2, 0.25) is 0 Å². The average Bonchev–Trinajstić information content (AvgIpc) is 3.17. The van der Waals surface area contributed by atoms with Crippen LogP contribution in [0.5, 0.6) is 0 Å². The molecule has 3 nitrogen and oxygen atoms in total. The lowest BCUT2D eigenvalue weighted by atomic mass is 10.1. The van der Waals surface area contributed by atoms with Gasteiger partial charge in [-0.1, -0.05) is 66.8 Å². The maximum Gasteiger partial charge on any atom is 0.261 e. The second kappa shape index (κ2) is 9.02. The number of carbonyl (C=O) groups is 1. The second-order valence-electron chi connectivity index (χ2n) is 7.23. The first-order valence-electron chi connectivity index (χ1n) is 10.0. The molecule has 4 aromatic rings. The van der Waals surface area contributed by atoms with Crippen molar-refractivity contribution in [1.29, 1.82) is 0 Å². The standard InChI is InChI=1S/C25H24N2OS2/c1-4-29-21-13-9-8-12-20(21)24(28)27(16-19-10-6-5-7-11-19)25-26-23-18(3)14-17(2)15-22(23)30-25/h5-15H,4,16H2,1-3H3. The van der Waals surface area contributed by atoms with Crippen LogP contribution in [0.25, 0.3) is 10.2 Å². The van der Waals surface area contributed by atoms with Crippen LogP contribution in [0.1, 0.15) is 34.0 Å². The Kier molecular flexibility index (Phi) is 6.21. The Hall–Kier alpha value is -2.63. The van der Waals surface area contributed by atoms with Crippen LogP contribution in [0, 0.1) is 13.8 Å². The largest absolute Gasteiger partial charge is 0.279 e. The van der Waals surface area contributed by atoms with Crippen molar-refractivity contribution in [3.05, 3.63) is 89.0 Å². The summed E-state index contributed by atoms with van der Waals surface area (Å²) in [6.45, 7) is 6.77. The fourth-order valence-corrected chi connectivity index (χ4v) is 5.47. The fraction of sp³-hybridized carbons (Fsp3) is 0.200. The van der Waals surface area contributed by atoms with Crippen molar-refractivity contribution in [3.8, 4) is 0 Å². The first-order chi connectivity index (χ1) is 14.6. The van der Waals surface area contributed by atoms with E-state index in [1.165, 1.54) is 5.56 Å². The van der Waals surface area contributed by atoms with Gasteiger partial charge in [-0.25, -0.2) is 4.98 Å². The van der Waals surface area contributed by atoms with Gasteiger partial charge >= 0.3 is 0 Å². The van der Waals surface area contributed by atoms with Crippen LogP contribution >= 0.6 is 23.1 Å². The number of hydrogen-bond donors (Lipinski definition) is 0. The minimum absolute atomic E-state index is 0.0103. The van der Waals surface area contributed by atoms with E-state index in [4.69, 9.17) is 4.98 Å². The van der Waals surface area contributed by atoms with Crippen molar-refractivity contribution in [2.24, 2.45) is 0 Å². The Labute approximate surface area is 185 Å². The predicted octanol–water partition coefficient (Wildman–Crippen LogP) is 6.87. The van der Waals surface area contributed by atoms with E-state index in [1.807, 2.05) is 47.4 Å². The van der Waals surface area contributed by atoms with Gasteiger partial charge in [-0.05, 0) is 54.5 Å². The van der Waals surface area contributed by atoms with Gasteiger partial charge in [-0.15, -0.1) is 11.8 Å². The number of thioether (sulfide) groups is 1. The molecule has 0 spiro atoms. The lowest BCUT2D eigenvalue weighted by molar-refractivity contribution is 0.0982. The van der Waals surface area contributed by atoms with E-state index in [-0.39, 0.29) is 5.91 Å². The summed E-state index contributed by atoms with van der Waals surface area (Å²) in [4.78, 5) is 21.5. The molecule has 0 radical (unpaired) electrons. The summed E-state index contributed by atoms with van der Waals surface area (Å²) in [5.41, 5.74) is 5.14. The molecule has 5 heteroatoms. The molecule has 0 saturated heterocycles. The first-order valence-corrected chi connectivity index (χ1v) is 11.8. The number of amides is 1. The topological polar surface area (TPSA) is 33.2 Å². The summed E-state index contributed by atoms with van der Waals surface area (Å²) < 4.78 is 1.12. The second-order valence-corrected chi connectivity index (χ2v) is 9.55. The number of hydrogen-bond acceptors (Lipinski definition) is 4. The lowest BCUT2D eigenvalue weighted by Crippen LogP contribution is -2.30. The Balaban J connectivity index is 1.81. The van der Waals surface area contributed by atoms with Crippen molar-refractivity contribution in [3.63, 3.8) is 0 Å². The molecule has 1 heterocycles. The Bertz CT molecular complexity index is 1180. The van der Waals surface area contributed by atoms with Gasteiger partial charge < -0.3 is 0 Å². The number of fused-ring (bicyclic) bond motifs is 1. The average molecular weight is 433 g/mol. The van der Waals surface area contributed by atoms with Gasteiger partial charge in [0.2, 0.25) is 0 Å². The molecule has 0 bridgehead atoms. The van der Waals surface area contributed by atoms with Crippen LogP contribution < -0.4 is 4.90 Å². The van der Waals surface area contributed by atoms with E-state index < -0.39 is 0 Å². The molecule has 1 amide bonds. The van der Waals surface area contributed by atoms with Gasteiger partial charge in [0.15, 0.2) is 5.13 Å². The zero-order valence-corrected chi connectivity index (χ0v) is 19.0. The summed E-state index contributed by atoms with van der Waals surface area (Å²) in [5.74, 6) is 0.909. The number of carbonyl (C=O) groups excluding carboxylic acids is 1. The summed E-state index contributed by atoms with van der Waals surface area (Å²) in [6, 6.07) is 22.3. The molecule has 4 rings (SSSR count). The van der Waals surface area contributed by atoms with Gasteiger partial charge in [0.1, 0.15) is 0 Å². The third-order valence-electron chi connectivity index (χ3n) is 4.90. The molecular formula is C25H24N2OS2. The van der Waals surface area contributed by atoms with Gasteiger partial charge in [0.25, 0.3) is 5.91 Å². The highest BCUT2D eigenvalue weighted by molar-refractivity contribution is 7.99. The normalized spacial score (nSPS) is 11.0. The van der Waals surface area contributed by atoms with E-state index in [1.54, 1.807) is 23.1 Å². The SMILES string of the molecule is CCSc1ccccc1C(=O)N(Cc1ccccc1)c1nc2c(C)cc(C)cc2s1. The quantitative estimate of drug-likeness (QED) is 0.312. The van der Waals surface area contributed by atoms with Crippen molar-refractivity contribution in [1.82, 2.24) is 4.98 Å². The van der Waals surface area contributed by atoms with E-state index in [2.05, 4.69) is 45.0 Å². The Morgan fingerprint density at radius 2 is 1.77 bits per heavy atom. The van der Waals surface area contributed by atoms with Gasteiger partial charge in [0, 0.05) is 4.90 Å². The molecule has 0 atom stereocenters. The number of anilines is 1. The zero-order chi connectivity index (χ0) is 21.1. The highest BCUT2D eigenvalue weighted by Crippen LogP contribution is 2.34. The number of nitrogens with zero attached hydrogens (tertiary/aromatic N) is 2. The van der Waals surface area contributed by atoms with Crippen molar-refractivity contribution in [2.75, 3.05) is 10.7 Å². The Morgan fingerprint density at radius 1 is 1.03 bits per heavy atom. The molecule has 3 aromatic carbocycles. The molecule has 152 valence electrons. The first kappa shape index (κ1) is 20.6. The lowest BCUT2D eigenvalue weighted by Gasteiger charge is -2.21. The fourth-order valence-electron chi connectivity index (χ4n) is 3.54. The van der Waals surface area contributed by atoms with Crippen LogP contribution in [0.15, 0.2) is 71.6 Å². The summed E-state index contributed by atoms with van der Waals surface area (Å²) in [5, 5.41) is 0.740. The van der Waals surface area contributed by atoms with Crippen LogP contribution in [-0.2, 0) is 6.54 Å². The molecule has 0 aliphatic rings. The maximum absolute atomic E-state index is 13.8. The molecule has 0 unspecified atom stereocenters. The van der Waals surface area contributed by atoms with Crippen molar-refractivity contribution >= 4 is 44.4 Å². The van der Waals surface area contributed by atoms with E-state index >= 15 is 0 Å². The van der Waals surface area contributed by atoms with Crippen LogP contribution in [0.4, 0.5) is 5.13 Å². The highest BCUT2D eigenvalue weighted by atomic mass is 32.2. The van der Waals surface area contributed by atoms with E-state index in [0.29, 0.717) is 6.54 Å². The summed E-state index contributed by atoms with van der Waals surface area (Å²) in [7, 11) is 0. The number of thiazole rings is 1. The number of benzene rings is 3. The van der Waals surface area contributed by atoms with E-state index in [9.17, 15) is 4.79 Å². The number of rotatable bonds is 6. The molecule has 30 heavy (non-hydrogen) atoms. The molecule has 0 aliphatic heterocycles. The monoisotopic (exact) mass is 432 g/mol. The van der Waals surface area contributed by atoms with Gasteiger partial charge in [-0.3, -0.25) is 9.69 Å². The Morgan fingerprint density at radius 3 is 2.53 bits per heavy atom. The molecule has 0 fully saturated rings. The van der Waals surface area contributed by atoms with Crippen LogP contribution in [-0.4, -0.2) is 16.6 Å². The maximum atomic E-state index is 13.8. The summed E-state index contributed by atoms with van der Waals surface area (Å²) in [6.07, 6.45) is 0. The van der Waals surface area contributed by atoms with Crippen molar-refractivity contribution in [2.45, 2.75) is 32.2 Å². The minimum atomic E-state index is -0.0103. The molecule has 0 aliphatic carbocycles. The van der Waals surface area contributed by atoms with Crippen LogP contribution in [0.3, 0.4) is 0 Å². The third-order valence-corrected chi connectivity index (χ3v) is 6.88. The molecule has 0 saturated carbocycles. The summed E-state index contributed by atoms with van der Waals surface area (Å²) >= 11 is 3.28. The van der Waals surface area contributed by atoms with Crippen molar-refractivity contribution < 1.29 is 4.79 Å². The minimum Gasteiger partial charge on any atom is -0.279 e.